The molecule has 1 saturated heterocycles. The Labute approximate surface area is 235 Å². The molecule has 0 aromatic carbocycles. The molecule has 0 unspecified atom stereocenters. The van der Waals surface area contributed by atoms with Gasteiger partial charge in [0.25, 0.3) is 0 Å². The fourth-order valence-electron chi connectivity index (χ4n) is 5.16. The number of hydrogen-bond acceptors (Lipinski definition) is 9. The molecule has 206 valence electrons. The third-order valence-electron chi connectivity index (χ3n) is 7.35. The first-order valence-corrected chi connectivity index (χ1v) is 17.3. The fourth-order valence-corrected chi connectivity index (χ4v) is 5.92. The molecule has 1 aliphatic heterocycles. The molecular formula is C28H34N10OSi. The van der Waals surface area contributed by atoms with Crippen molar-refractivity contribution in [3.63, 3.8) is 0 Å². The minimum Gasteiger partial charge on any atom is -0.361 e. The Morgan fingerprint density at radius 1 is 1.18 bits per heavy atom. The summed E-state index contributed by atoms with van der Waals surface area (Å²) in [6, 6.07) is 7.53. The Morgan fingerprint density at radius 2 is 2.02 bits per heavy atom. The van der Waals surface area contributed by atoms with Crippen molar-refractivity contribution < 1.29 is 4.74 Å². The summed E-state index contributed by atoms with van der Waals surface area (Å²) in [5.41, 5.74) is 3.54. The molecule has 0 spiro atoms. The van der Waals surface area contributed by atoms with Crippen LogP contribution in [-0.2, 0) is 11.5 Å². The quantitative estimate of drug-likeness (QED) is 0.204. The van der Waals surface area contributed by atoms with Crippen molar-refractivity contribution in [1.29, 1.82) is 10.5 Å². The summed E-state index contributed by atoms with van der Waals surface area (Å²) in [5, 5.41) is 24.8. The number of hydrogen-bond donors (Lipinski definition) is 0. The molecule has 1 aliphatic rings. The predicted octanol–water partition coefficient (Wildman–Crippen LogP) is 4.56. The third-order valence-corrected chi connectivity index (χ3v) is 9.05. The van der Waals surface area contributed by atoms with Crippen molar-refractivity contribution in [3.05, 3.63) is 48.6 Å². The van der Waals surface area contributed by atoms with Crippen molar-refractivity contribution in [2.45, 2.75) is 58.2 Å². The lowest BCUT2D eigenvalue weighted by atomic mass is 9.96. The molecular weight excluding hydrogens is 520 g/mol. The molecule has 2 atom stereocenters. The second-order valence-electron chi connectivity index (χ2n) is 11.5. The van der Waals surface area contributed by atoms with Gasteiger partial charge >= 0.3 is 0 Å². The zero-order valence-electron chi connectivity index (χ0n) is 23.4. The van der Waals surface area contributed by atoms with Crippen molar-refractivity contribution in [1.82, 2.24) is 34.3 Å². The van der Waals surface area contributed by atoms with Gasteiger partial charge in [-0.25, -0.2) is 19.9 Å². The first-order chi connectivity index (χ1) is 19.3. The highest BCUT2D eigenvalue weighted by molar-refractivity contribution is 6.76. The summed E-state index contributed by atoms with van der Waals surface area (Å²) in [5.74, 6) is 0.770. The lowest BCUT2D eigenvalue weighted by Crippen LogP contribution is -2.26. The first-order valence-electron chi connectivity index (χ1n) is 13.5. The van der Waals surface area contributed by atoms with E-state index in [1.165, 1.54) is 0 Å². The van der Waals surface area contributed by atoms with E-state index in [-0.39, 0.29) is 12.0 Å². The van der Waals surface area contributed by atoms with Crippen LogP contribution in [0.4, 0.5) is 5.82 Å². The molecule has 0 amide bonds. The number of fused-ring (bicyclic) bond motifs is 1. The van der Waals surface area contributed by atoms with E-state index in [4.69, 9.17) is 4.74 Å². The summed E-state index contributed by atoms with van der Waals surface area (Å²) < 4.78 is 9.84. The van der Waals surface area contributed by atoms with Crippen LogP contribution in [0.3, 0.4) is 0 Å². The lowest BCUT2D eigenvalue weighted by molar-refractivity contribution is 0.0899. The van der Waals surface area contributed by atoms with Crippen LogP contribution in [-0.4, -0.2) is 62.1 Å². The molecule has 5 rings (SSSR count). The number of ether oxygens (including phenoxy) is 1. The van der Waals surface area contributed by atoms with Crippen LogP contribution >= 0.6 is 0 Å². The zero-order valence-corrected chi connectivity index (χ0v) is 24.4. The second kappa shape index (κ2) is 11.5. The molecule has 11 nitrogen and oxygen atoms in total. The zero-order chi connectivity index (χ0) is 28.3. The van der Waals surface area contributed by atoms with Crippen LogP contribution in [0, 0.1) is 35.5 Å². The number of aromatic nitrogens is 7. The van der Waals surface area contributed by atoms with E-state index in [2.05, 4.69) is 61.7 Å². The molecule has 0 bridgehead atoms. The van der Waals surface area contributed by atoms with Crippen molar-refractivity contribution in [3.8, 4) is 23.4 Å². The lowest BCUT2D eigenvalue weighted by Gasteiger charge is -2.23. The van der Waals surface area contributed by atoms with E-state index in [1.54, 1.807) is 18.7 Å². The smallest absolute Gasteiger partial charge is 0.183 e. The molecule has 0 N–H and O–H groups in total. The average Bonchev–Trinajstić information content (AvgIpc) is 3.69. The van der Waals surface area contributed by atoms with Crippen LogP contribution in [0.25, 0.3) is 22.3 Å². The maximum absolute atomic E-state index is 9.65. The highest BCUT2D eigenvalue weighted by Crippen LogP contribution is 2.34. The molecule has 0 radical (unpaired) electrons. The monoisotopic (exact) mass is 554 g/mol. The van der Waals surface area contributed by atoms with E-state index < -0.39 is 8.07 Å². The Hall–Kier alpha value is -4.13. The summed E-state index contributed by atoms with van der Waals surface area (Å²) >= 11 is 0. The standard InChI is InChI=1S/C28H34N10OSi/c1-20-14-31-28(24(13-30)35-20)36-9-6-21(16-36)25(5-8-29)38-17-22(15-34-38)26-23-7-10-37(27(23)33-18-32-26)19-39-11-12-40(2,3)4/h7,10,14-15,17-18,21,25H,5-6,9,11-12,16,19H2,1-4H3/t21-,25-/m0/s1. The van der Waals surface area contributed by atoms with Crippen LogP contribution in [0.2, 0.25) is 25.7 Å². The maximum atomic E-state index is 9.65. The molecule has 4 aromatic heterocycles. The summed E-state index contributed by atoms with van der Waals surface area (Å²) in [7, 11) is -1.15. The van der Waals surface area contributed by atoms with Gasteiger partial charge in [-0.2, -0.15) is 15.6 Å². The van der Waals surface area contributed by atoms with Gasteiger partial charge in [0.2, 0.25) is 0 Å². The summed E-state index contributed by atoms with van der Waals surface area (Å²) in [6.07, 6.45) is 10.2. The number of anilines is 1. The Balaban J connectivity index is 1.34. The van der Waals surface area contributed by atoms with E-state index >= 15 is 0 Å². The molecule has 0 saturated carbocycles. The number of nitriles is 2. The highest BCUT2D eigenvalue weighted by Gasteiger charge is 2.33. The van der Waals surface area contributed by atoms with E-state index in [0.29, 0.717) is 36.9 Å². The predicted molar refractivity (Wildman–Crippen MR) is 154 cm³/mol. The van der Waals surface area contributed by atoms with Gasteiger partial charge in [-0.15, -0.1) is 0 Å². The van der Waals surface area contributed by atoms with E-state index in [1.807, 2.05) is 34.6 Å². The maximum Gasteiger partial charge on any atom is 0.183 e. The van der Waals surface area contributed by atoms with Gasteiger partial charge in [-0.05, 0) is 25.5 Å². The van der Waals surface area contributed by atoms with Gasteiger partial charge in [0.15, 0.2) is 11.5 Å². The van der Waals surface area contributed by atoms with Gasteiger partial charge < -0.3 is 14.2 Å². The van der Waals surface area contributed by atoms with E-state index in [0.717, 1.165) is 47.9 Å². The second-order valence-corrected chi connectivity index (χ2v) is 17.1. The molecule has 4 aromatic rings. The summed E-state index contributed by atoms with van der Waals surface area (Å²) in [6.45, 7) is 11.5. The topological polar surface area (TPSA) is 134 Å². The van der Waals surface area contributed by atoms with Crippen LogP contribution in [0.15, 0.2) is 37.2 Å². The SMILES string of the molecule is Cc1cnc(N2CC[C@H]([C@H](CC#N)n3cc(-c4ncnc5c4ccn5COCC[Si](C)(C)C)cn3)C2)c(C#N)n1. The van der Waals surface area contributed by atoms with Gasteiger partial charge in [0.1, 0.15) is 24.8 Å². The number of rotatable bonds is 10. The Kier molecular flexibility index (Phi) is 7.92. The molecule has 40 heavy (non-hydrogen) atoms. The van der Waals surface area contributed by atoms with Gasteiger partial charge in [-0.1, -0.05) is 19.6 Å². The first kappa shape index (κ1) is 27.4. The molecule has 12 heteroatoms. The molecule has 0 aliphatic carbocycles. The largest absolute Gasteiger partial charge is 0.361 e. The number of aryl methyl sites for hydroxylation is 1. The van der Waals surface area contributed by atoms with Crippen LogP contribution < -0.4 is 4.90 Å². The van der Waals surface area contributed by atoms with Gasteiger partial charge in [0, 0.05) is 57.0 Å². The van der Waals surface area contributed by atoms with E-state index in [9.17, 15) is 10.5 Å². The van der Waals surface area contributed by atoms with Crippen LogP contribution in [0.5, 0.6) is 0 Å². The summed E-state index contributed by atoms with van der Waals surface area (Å²) in [4.78, 5) is 20.0. The average molecular weight is 555 g/mol. The van der Waals surface area contributed by atoms with Crippen molar-refractivity contribution >= 4 is 24.9 Å². The van der Waals surface area contributed by atoms with Gasteiger partial charge in [0.05, 0.1) is 42.3 Å². The van der Waals surface area contributed by atoms with Crippen LogP contribution in [0.1, 0.15) is 30.3 Å². The fraction of sp³-hybridized carbons (Fsp3) is 0.464. The van der Waals surface area contributed by atoms with Gasteiger partial charge in [-0.3, -0.25) is 4.68 Å². The minimum absolute atomic E-state index is 0.116. The molecule has 5 heterocycles. The Morgan fingerprint density at radius 3 is 2.80 bits per heavy atom. The molecule has 1 fully saturated rings. The minimum atomic E-state index is -1.15. The third kappa shape index (κ3) is 5.88. The Bertz CT molecular complexity index is 1570. The van der Waals surface area contributed by atoms with Crippen molar-refractivity contribution in [2.75, 3.05) is 24.6 Å². The number of nitrogens with zero attached hydrogens (tertiary/aromatic N) is 10. The van der Waals surface area contributed by atoms with Crippen molar-refractivity contribution in [2.24, 2.45) is 5.92 Å². The normalized spacial score (nSPS) is 16.2. The highest BCUT2D eigenvalue weighted by atomic mass is 28.3.